The Morgan fingerprint density at radius 2 is 2.25 bits per heavy atom. The number of aromatic nitrogens is 3. The SMILES string of the molecule is Nc1ncnc(Br)n1. The highest BCUT2D eigenvalue weighted by molar-refractivity contribution is 9.10. The van der Waals surface area contributed by atoms with Crippen LogP contribution in [0.4, 0.5) is 5.95 Å². The molecule has 0 amide bonds. The topological polar surface area (TPSA) is 64.7 Å². The van der Waals surface area contributed by atoms with Crippen molar-refractivity contribution < 1.29 is 0 Å². The fraction of sp³-hybridized carbons (Fsp3) is 0. The van der Waals surface area contributed by atoms with E-state index in [2.05, 4.69) is 30.9 Å². The molecule has 42 valence electrons. The molecule has 0 aliphatic heterocycles. The van der Waals surface area contributed by atoms with E-state index in [1.807, 2.05) is 0 Å². The van der Waals surface area contributed by atoms with Gasteiger partial charge in [0.2, 0.25) is 10.7 Å². The maximum atomic E-state index is 5.17. The third kappa shape index (κ3) is 1.13. The molecule has 0 unspecified atom stereocenters. The molecule has 5 heteroatoms. The van der Waals surface area contributed by atoms with Crippen molar-refractivity contribution >= 4 is 21.9 Å². The largest absolute Gasteiger partial charge is 0.368 e. The summed E-state index contributed by atoms with van der Waals surface area (Å²) in [6, 6.07) is 0. The Hall–Kier alpha value is -0.710. The second-order valence-electron chi connectivity index (χ2n) is 1.11. The van der Waals surface area contributed by atoms with Crippen LogP contribution >= 0.6 is 15.9 Å². The summed E-state index contributed by atoms with van der Waals surface area (Å²) in [6.07, 6.45) is 1.34. The number of rotatable bonds is 0. The van der Waals surface area contributed by atoms with Gasteiger partial charge in [0.15, 0.2) is 0 Å². The van der Waals surface area contributed by atoms with Crippen LogP contribution in [0, 0.1) is 0 Å². The van der Waals surface area contributed by atoms with Gasteiger partial charge in [-0.1, -0.05) is 0 Å². The molecule has 0 bridgehead atoms. The Bertz CT molecular complexity index is 171. The zero-order valence-electron chi connectivity index (χ0n) is 3.87. The molecular formula is C3H3BrN4. The van der Waals surface area contributed by atoms with Crippen LogP contribution in [0.1, 0.15) is 0 Å². The first kappa shape index (κ1) is 5.43. The van der Waals surface area contributed by atoms with Crippen molar-refractivity contribution in [1.29, 1.82) is 0 Å². The average Bonchev–Trinajstić information content (AvgIpc) is 1.64. The van der Waals surface area contributed by atoms with Gasteiger partial charge in [0.05, 0.1) is 0 Å². The van der Waals surface area contributed by atoms with Gasteiger partial charge < -0.3 is 5.73 Å². The van der Waals surface area contributed by atoms with Gasteiger partial charge in [-0.05, 0) is 15.9 Å². The molecule has 0 radical (unpaired) electrons. The predicted molar refractivity (Wildman–Crippen MR) is 31.9 cm³/mol. The van der Waals surface area contributed by atoms with E-state index in [0.29, 0.717) is 4.73 Å². The smallest absolute Gasteiger partial charge is 0.223 e. The summed E-state index contributed by atoms with van der Waals surface area (Å²) in [5, 5.41) is 0. The van der Waals surface area contributed by atoms with E-state index in [9.17, 15) is 0 Å². The van der Waals surface area contributed by atoms with Crippen molar-refractivity contribution in [3.63, 3.8) is 0 Å². The summed E-state index contributed by atoms with van der Waals surface area (Å²) in [5.41, 5.74) is 5.17. The van der Waals surface area contributed by atoms with Gasteiger partial charge in [0.25, 0.3) is 0 Å². The summed E-state index contributed by atoms with van der Waals surface area (Å²) < 4.78 is 0.463. The van der Waals surface area contributed by atoms with Crippen LogP contribution in [-0.2, 0) is 0 Å². The van der Waals surface area contributed by atoms with Crippen molar-refractivity contribution in [2.24, 2.45) is 0 Å². The zero-order valence-corrected chi connectivity index (χ0v) is 5.46. The van der Waals surface area contributed by atoms with Crippen LogP contribution in [0.5, 0.6) is 0 Å². The normalized spacial score (nSPS) is 9.12. The molecule has 1 aromatic heterocycles. The fourth-order valence-electron chi connectivity index (χ4n) is 0.288. The maximum Gasteiger partial charge on any atom is 0.223 e. The molecule has 4 nitrogen and oxygen atoms in total. The van der Waals surface area contributed by atoms with Gasteiger partial charge in [0.1, 0.15) is 6.33 Å². The Morgan fingerprint density at radius 3 is 2.62 bits per heavy atom. The molecule has 0 saturated carbocycles. The number of nitrogens with two attached hydrogens (primary N) is 1. The summed E-state index contributed by atoms with van der Waals surface area (Å²) in [7, 11) is 0. The minimum Gasteiger partial charge on any atom is -0.368 e. The van der Waals surface area contributed by atoms with E-state index in [1.165, 1.54) is 6.33 Å². The fourth-order valence-corrected chi connectivity index (χ4v) is 0.561. The number of nitrogen functional groups attached to an aromatic ring is 1. The lowest BCUT2D eigenvalue weighted by molar-refractivity contribution is 1.02. The number of anilines is 1. The molecule has 0 fully saturated rings. The first-order valence-electron chi connectivity index (χ1n) is 1.89. The predicted octanol–water partition coefficient (Wildman–Crippen LogP) is 0.216. The lowest BCUT2D eigenvalue weighted by Crippen LogP contribution is -1.94. The highest BCUT2D eigenvalue weighted by Crippen LogP contribution is 1.98. The Labute approximate surface area is 54.3 Å². The number of hydrogen-bond acceptors (Lipinski definition) is 4. The van der Waals surface area contributed by atoms with Gasteiger partial charge in [-0.3, -0.25) is 0 Å². The summed E-state index contributed by atoms with van der Waals surface area (Å²) in [5.74, 6) is 0.229. The molecule has 0 atom stereocenters. The average molecular weight is 175 g/mol. The quantitative estimate of drug-likeness (QED) is 0.612. The van der Waals surface area contributed by atoms with Gasteiger partial charge in [-0.25, -0.2) is 9.97 Å². The van der Waals surface area contributed by atoms with E-state index in [0.717, 1.165) is 0 Å². The summed E-state index contributed by atoms with van der Waals surface area (Å²) >= 11 is 3.02. The molecule has 1 heterocycles. The monoisotopic (exact) mass is 174 g/mol. The second-order valence-corrected chi connectivity index (χ2v) is 1.82. The van der Waals surface area contributed by atoms with Crippen molar-refractivity contribution in [2.45, 2.75) is 0 Å². The van der Waals surface area contributed by atoms with Crippen LogP contribution in [0.15, 0.2) is 11.1 Å². The molecule has 0 aliphatic rings. The molecule has 0 saturated heterocycles. The van der Waals surface area contributed by atoms with Gasteiger partial charge >= 0.3 is 0 Å². The minimum absolute atomic E-state index is 0.229. The Balaban J connectivity index is 3.08. The summed E-state index contributed by atoms with van der Waals surface area (Å²) in [4.78, 5) is 10.9. The van der Waals surface area contributed by atoms with E-state index in [-0.39, 0.29) is 5.95 Å². The number of nitrogens with zero attached hydrogens (tertiary/aromatic N) is 3. The van der Waals surface area contributed by atoms with Gasteiger partial charge in [-0.15, -0.1) is 0 Å². The Kier molecular flexibility index (Phi) is 1.38. The molecule has 0 spiro atoms. The first-order valence-corrected chi connectivity index (χ1v) is 2.68. The Morgan fingerprint density at radius 1 is 1.50 bits per heavy atom. The van der Waals surface area contributed by atoms with E-state index < -0.39 is 0 Å². The lowest BCUT2D eigenvalue weighted by atomic mass is 11.0. The van der Waals surface area contributed by atoms with Crippen molar-refractivity contribution in [2.75, 3.05) is 5.73 Å². The molecule has 1 rings (SSSR count). The standard InChI is InChI=1S/C3H3BrN4/c4-2-6-1-7-3(5)8-2/h1H,(H2,5,6,7,8). The second kappa shape index (κ2) is 2.04. The third-order valence-corrected chi connectivity index (χ3v) is 0.943. The molecule has 8 heavy (non-hydrogen) atoms. The van der Waals surface area contributed by atoms with Crippen molar-refractivity contribution in [3.05, 3.63) is 11.1 Å². The molecular weight excluding hydrogens is 172 g/mol. The number of hydrogen-bond donors (Lipinski definition) is 1. The zero-order chi connectivity index (χ0) is 5.98. The van der Waals surface area contributed by atoms with Crippen molar-refractivity contribution in [3.8, 4) is 0 Å². The van der Waals surface area contributed by atoms with Crippen molar-refractivity contribution in [1.82, 2.24) is 15.0 Å². The van der Waals surface area contributed by atoms with Crippen LogP contribution in [0.25, 0.3) is 0 Å². The lowest BCUT2D eigenvalue weighted by Gasteiger charge is -1.86. The maximum absolute atomic E-state index is 5.17. The highest BCUT2D eigenvalue weighted by Gasteiger charge is 1.87. The van der Waals surface area contributed by atoms with E-state index >= 15 is 0 Å². The molecule has 0 aromatic carbocycles. The summed E-state index contributed by atoms with van der Waals surface area (Å²) in [6.45, 7) is 0. The van der Waals surface area contributed by atoms with Gasteiger partial charge in [-0.2, -0.15) is 4.98 Å². The van der Waals surface area contributed by atoms with Gasteiger partial charge in [0, 0.05) is 0 Å². The molecule has 0 aliphatic carbocycles. The van der Waals surface area contributed by atoms with Crippen LogP contribution in [-0.4, -0.2) is 15.0 Å². The van der Waals surface area contributed by atoms with E-state index in [1.54, 1.807) is 0 Å². The van der Waals surface area contributed by atoms with E-state index in [4.69, 9.17) is 5.73 Å². The minimum atomic E-state index is 0.229. The third-order valence-electron chi connectivity index (χ3n) is 0.561. The highest BCUT2D eigenvalue weighted by atomic mass is 79.9. The van der Waals surface area contributed by atoms with Crippen LogP contribution in [0.3, 0.4) is 0 Å². The molecule has 2 N–H and O–H groups in total. The van der Waals surface area contributed by atoms with Crippen LogP contribution in [0.2, 0.25) is 0 Å². The van der Waals surface area contributed by atoms with Crippen LogP contribution < -0.4 is 5.73 Å². The number of halogens is 1. The molecule has 1 aromatic rings. The first-order chi connectivity index (χ1) is 3.79.